The molecule has 1 N–H and O–H groups in total. The van der Waals surface area contributed by atoms with E-state index in [4.69, 9.17) is 5.11 Å². The van der Waals surface area contributed by atoms with E-state index in [1.807, 2.05) is 19.1 Å². The Morgan fingerprint density at radius 2 is 2.20 bits per heavy atom. The standard InChI is InChI=1S/C15H17FN2O2/c1-11-3-2-4-13(17-11)5-6-14(16)12-7-9-18(10-8-12)15(19)20/h2-4,12,14H,7-10H2,1H3,(H,19,20). The van der Waals surface area contributed by atoms with Gasteiger partial charge in [-0.2, -0.15) is 0 Å². The Morgan fingerprint density at radius 3 is 2.80 bits per heavy atom. The summed E-state index contributed by atoms with van der Waals surface area (Å²) in [4.78, 5) is 16.3. The number of amides is 1. The van der Waals surface area contributed by atoms with E-state index in [-0.39, 0.29) is 5.92 Å². The molecule has 106 valence electrons. The summed E-state index contributed by atoms with van der Waals surface area (Å²) in [7, 11) is 0. The van der Waals surface area contributed by atoms with Crippen molar-refractivity contribution in [2.45, 2.75) is 25.9 Å². The molecule has 0 spiro atoms. The highest BCUT2D eigenvalue weighted by Crippen LogP contribution is 2.22. The van der Waals surface area contributed by atoms with E-state index in [1.54, 1.807) is 6.07 Å². The highest BCUT2D eigenvalue weighted by Gasteiger charge is 2.27. The Bertz CT molecular complexity index is 542. The van der Waals surface area contributed by atoms with E-state index in [1.165, 1.54) is 4.90 Å². The Morgan fingerprint density at radius 1 is 1.50 bits per heavy atom. The number of piperidine rings is 1. The van der Waals surface area contributed by atoms with Gasteiger partial charge in [0.1, 0.15) is 5.69 Å². The maximum absolute atomic E-state index is 14.0. The van der Waals surface area contributed by atoms with Crippen molar-refractivity contribution in [3.05, 3.63) is 29.6 Å². The number of carbonyl (C=O) groups is 1. The number of aromatic nitrogens is 1. The SMILES string of the molecule is Cc1cccc(C#CC(F)C2CCN(C(=O)O)CC2)n1. The molecule has 2 rings (SSSR count). The maximum atomic E-state index is 14.0. The van der Waals surface area contributed by atoms with Gasteiger partial charge in [-0.25, -0.2) is 14.2 Å². The van der Waals surface area contributed by atoms with Crippen LogP contribution in [0.15, 0.2) is 18.2 Å². The Balaban J connectivity index is 1.93. The van der Waals surface area contributed by atoms with Gasteiger partial charge in [0.25, 0.3) is 0 Å². The van der Waals surface area contributed by atoms with Crippen LogP contribution >= 0.6 is 0 Å². The molecule has 2 heterocycles. The van der Waals surface area contributed by atoms with Crippen LogP contribution in [0, 0.1) is 24.7 Å². The molecule has 20 heavy (non-hydrogen) atoms. The number of likely N-dealkylation sites (tertiary alicyclic amines) is 1. The number of rotatable bonds is 1. The van der Waals surface area contributed by atoms with Crippen LogP contribution in [0.1, 0.15) is 24.2 Å². The molecule has 1 aliphatic rings. The molecule has 1 aromatic heterocycles. The van der Waals surface area contributed by atoms with E-state index >= 15 is 0 Å². The third kappa shape index (κ3) is 3.70. The Hall–Kier alpha value is -2.09. The van der Waals surface area contributed by atoms with Gasteiger partial charge in [-0.15, -0.1) is 0 Å². The van der Waals surface area contributed by atoms with Crippen molar-refractivity contribution in [1.29, 1.82) is 0 Å². The largest absolute Gasteiger partial charge is 0.465 e. The smallest absolute Gasteiger partial charge is 0.407 e. The fourth-order valence-electron chi connectivity index (χ4n) is 2.26. The number of alkyl halides is 1. The second kappa shape index (κ2) is 6.38. The fraction of sp³-hybridized carbons (Fsp3) is 0.467. The summed E-state index contributed by atoms with van der Waals surface area (Å²) in [6.07, 6.45) is -1.13. The molecule has 4 nitrogen and oxygen atoms in total. The maximum Gasteiger partial charge on any atom is 0.407 e. The zero-order chi connectivity index (χ0) is 14.5. The molecule has 1 aliphatic heterocycles. The quantitative estimate of drug-likeness (QED) is 0.802. The summed E-state index contributed by atoms with van der Waals surface area (Å²) < 4.78 is 14.0. The minimum Gasteiger partial charge on any atom is -0.465 e. The average molecular weight is 276 g/mol. The van der Waals surface area contributed by atoms with Gasteiger partial charge in [0.15, 0.2) is 6.17 Å². The number of hydrogen-bond donors (Lipinski definition) is 1. The summed E-state index contributed by atoms with van der Waals surface area (Å²) in [6, 6.07) is 5.45. The van der Waals surface area contributed by atoms with Crippen molar-refractivity contribution >= 4 is 6.09 Å². The monoisotopic (exact) mass is 276 g/mol. The molecule has 0 saturated carbocycles. The van der Waals surface area contributed by atoms with Crippen molar-refractivity contribution in [2.75, 3.05) is 13.1 Å². The molecule has 0 radical (unpaired) electrons. The molecule has 1 saturated heterocycles. The predicted octanol–water partition coefficient (Wildman–Crippen LogP) is 2.47. The average Bonchev–Trinajstić information content (AvgIpc) is 2.45. The number of pyridine rings is 1. The third-order valence-electron chi connectivity index (χ3n) is 3.45. The van der Waals surface area contributed by atoms with Gasteiger partial charge < -0.3 is 10.0 Å². The zero-order valence-electron chi connectivity index (χ0n) is 11.3. The molecule has 0 aliphatic carbocycles. The van der Waals surface area contributed by atoms with E-state index in [0.717, 1.165) is 5.69 Å². The molecule has 0 aromatic carbocycles. The summed E-state index contributed by atoms with van der Waals surface area (Å²) in [6.45, 7) is 2.62. The molecule has 5 heteroatoms. The number of hydrogen-bond acceptors (Lipinski definition) is 2. The Labute approximate surface area is 117 Å². The Kier molecular flexibility index (Phi) is 4.57. The van der Waals surface area contributed by atoms with Gasteiger partial charge in [0.2, 0.25) is 0 Å². The normalized spacial score (nSPS) is 17.2. The van der Waals surface area contributed by atoms with E-state index in [0.29, 0.717) is 31.6 Å². The van der Waals surface area contributed by atoms with Crippen LogP contribution in [0.25, 0.3) is 0 Å². The first-order valence-electron chi connectivity index (χ1n) is 6.63. The minimum atomic E-state index is -1.23. The van der Waals surface area contributed by atoms with Crippen LogP contribution in [-0.4, -0.2) is 40.3 Å². The van der Waals surface area contributed by atoms with Gasteiger partial charge in [-0.3, -0.25) is 0 Å². The second-order valence-electron chi connectivity index (χ2n) is 4.94. The number of carboxylic acid groups (broad SMARTS) is 1. The number of aryl methyl sites for hydroxylation is 1. The first kappa shape index (κ1) is 14.3. The number of halogens is 1. The summed E-state index contributed by atoms with van der Waals surface area (Å²) in [5.41, 5.74) is 1.41. The lowest BCUT2D eigenvalue weighted by Crippen LogP contribution is -2.39. The van der Waals surface area contributed by atoms with Gasteiger partial charge >= 0.3 is 6.09 Å². The minimum absolute atomic E-state index is 0.192. The molecular weight excluding hydrogens is 259 g/mol. The lowest BCUT2D eigenvalue weighted by Gasteiger charge is -2.30. The van der Waals surface area contributed by atoms with Gasteiger partial charge in [0, 0.05) is 24.7 Å². The summed E-state index contributed by atoms with van der Waals surface area (Å²) >= 11 is 0. The topological polar surface area (TPSA) is 53.4 Å². The molecule has 1 atom stereocenters. The van der Waals surface area contributed by atoms with Crippen LogP contribution in [-0.2, 0) is 0 Å². The van der Waals surface area contributed by atoms with Crippen molar-refractivity contribution in [2.24, 2.45) is 5.92 Å². The lowest BCUT2D eigenvalue weighted by molar-refractivity contribution is 0.112. The second-order valence-corrected chi connectivity index (χ2v) is 4.94. The predicted molar refractivity (Wildman–Crippen MR) is 73.1 cm³/mol. The first-order valence-corrected chi connectivity index (χ1v) is 6.63. The highest BCUT2D eigenvalue weighted by atomic mass is 19.1. The first-order chi connectivity index (χ1) is 9.56. The molecule has 1 fully saturated rings. The van der Waals surface area contributed by atoms with Crippen LogP contribution in [0.4, 0.5) is 9.18 Å². The fourth-order valence-corrected chi connectivity index (χ4v) is 2.26. The molecule has 1 amide bonds. The van der Waals surface area contributed by atoms with Crippen molar-refractivity contribution < 1.29 is 14.3 Å². The third-order valence-corrected chi connectivity index (χ3v) is 3.45. The molecule has 0 bridgehead atoms. The van der Waals surface area contributed by atoms with Crippen LogP contribution in [0.3, 0.4) is 0 Å². The molecule has 1 unspecified atom stereocenters. The van der Waals surface area contributed by atoms with Crippen LogP contribution in [0.2, 0.25) is 0 Å². The van der Waals surface area contributed by atoms with Crippen molar-refractivity contribution in [1.82, 2.24) is 9.88 Å². The van der Waals surface area contributed by atoms with E-state index in [9.17, 15) is 9.18 Å². The van der Waals surface area contributed by atoms with Crippen molar-refractivity contribution in [3.63, 3.8) is 0 Å². The van der Waals surface area contributed by atoms with Gasteiger partial charge in [-0.05, 0) is 37.8 Å². The van der Waals surface area contributed by atoms with Crippen LogP contribution < -0.4 is 0 Å². The van der Waals surface area contributed by atoms with E-state index < -0.39 is 12.3 Å². The molecular formula is C15H17FN2O2. The molecule has 1 aromatic rings. The summed E-state index contributed by atoms with van der Waals surface area (Å²) in [5.74, 6) is 5.15. The van der Waals surface area contributed by atoms with Crippen LogP contribution in [0.5, 0.6) is 0 Å². The van der Waals surface area contributed by atoms with Gasteiger partial charge in [-0.1, -0.05) is 12.0 Å². The van der Waals surface area contributed by atoms with Gasteiger partial charge in [0.05, 0.1) is 0 Å². The lowest BCUT2D eigenvalue weighted by atomic mass is 9.92. The van der Waals surface area contributed by atoms with Crippen molar-refractivity contribution in [3.8, 4) is 11.8 Å². The zero-order valence-corrected chi connectivity index (χ0v) is 11.3. The highest BCUT2D eigenvalue weighted by molar-refractivity contribution is 5.65. The van der Waals surface area contributed by atoms with E-state index in [2.05, 4.69) is 16.8 Å². The number of nitrogens with zero attached hydrogens (tertiary/aromatic N) is 2. The summed E-state index contributed by atoms with van der Waals surface area (Å²) in [5, 5.41) is 8.84.